The van der Waals surface area contributed by atoms with Gasteiger partial charge in [-0.1, -0.05) is 25.3 Å². The predicted octanol–water partition coefficient (Wildman–Crippen LogP) is 2.79. The molecule has 7 heteroatoms. The zero-order valence-electron chi connectivity index (χ0n) is 17.2. The highest BCUT2D eigenvalue weighted by atomic mass is 16.5. The third-order valence-electron chi connectivity index (χ3n) is 3.89. The van der Waals surface area contributed by atoms with Crippen LogP contribution < -0.4 is 15.4 Å². The highest BCUT2D eigenvalue weighted by Crippen LogP contribution is 2.15. The standard InChI is InChI=1S/C23H30N2O5/c1-3-21(26)24-14-5-7-16-29-20-11-9-10-19(18-20)12-13-23(28)30-17-8-6-15-25-22(27)4-2/h3-4,9-13,18H,1-2,5-8,14-17H2,(H,24,26)(H,25,27). The van der Waals surface area contributed by atoms with Crippen molar-refractivity contribution >= 4 is 23.9 Å². The third-order valence-corrected chi connectivity index (χ3v) is 3.89. The van der Waals surface area contributed by atoms with Crippen LogP contribution in [0.15, 0.2) is 55.7 Å². The molecule has 2 amide bonds. The quantitative estimate of drug-likeness (QED) is 0.261. The third kappa shape index (κ3) is 12.2. The first-order chi connectivity index (χ1) is 14.5. The topological polar surface area (TPSA) is 93.7 Å². The molecule has 0 aliphatic rings. The number of benzene rings is 1. The molecule has 0 bridgehead atoms. The number of nitrogens with one attached hydrogen (secondary N) is 2. The van der Waals surface area contributed by atoms with Crippen LogP contribution in [0, 0.1) is 0 Å². The second-order valence-corrected chi connectivity index (χ2v) is 6.33. The molecule has 0 atom stereocenters. The molecule has 0 saturated heterocycles. The van der Waals surface area contributed by atoms with Crippen LogP contribution >= 0.6 is 0 Å². The molecule has 2 N–H and O–H groups in total. The number of esters is 1. The minimum atomic E-state index is -0.419. The fourth-order valence-electron chi connectivity index (χ4n) is 2.30. The van der Waals surface area contributed by atoms with Gasteiger partial charge in [0.1, 0.15) is 5.75 Å². The molecule has 1 aromatic rings. The van der Waals surface area contributed by atoms with Crippen molar-refractivity contribution in [1.82, 2.24) is 10.6 Å². The molecule has 30 heavy (non-hydrogen) atoms. The van der Waals surface area contributed by atoms with E-state index in [2.05, 4.69) is 23.8 Å². The normalized spacial score (nSPS) is 10.3. The van der Waals surface area contributed by atoms with Crippen LogP contribution in [-0.2, 0) is 19.1 Å². The number of carbonyl (C=O) groups excluding carboxylic acids is 3. The summed E-state index contributed by atoms with van der Waals surface area (Å²) < 4.78 is 10.8. The summed E-state index contributed by atoms with van der Waals surface area (Å²) in [4.78, 5) is 33.8. The smallest absolute Gasteiger partial charge is 0.330 e. The minimum absolute atomic E-state index is 0.175. The second kappa shape index (κ2) is 15.6. The molecule has 0 radical (unpaired) electrons. The monoisotopic (exact) mass is 414 g/mol. The molecule has 0 saturated carbocycles. The van der Waals surface area contributed by atoms with Gasteiger partial charge in [-0.15, -0.1) is 0 Å². The molecule has 0 unspecified atom stereocenters. The number of carbonyl (C=O) groups is 3. The summed E-state index contributed by atoms with van der Waals surface area (Å²) in [6.45, 7) is 8.70. The van der Waals surface area contributed by atoms with Crippen LogP contribution in [0.3, 0.4) is 0 Å². The Morgan fingerprint density at radius 2 is 1.53 bits per heavy atom. The van der Waals surface area contributed by atoms with E-state index < -0.39 is 5.97 Å². The number of hydrogen-bond acceptors (Lipinski definition) is 5. The molecule has 0 aromatic heterocycles. The Hall–Kier alpha value is -3.35. The summed E-state index contributed by atoms with van der Waals surface area (Å²) >= 11 is 0. The molecule has 0 heterocycles. The Bertz CT molecular complexity index is 743. The van der Waals surface area contributed by atoms with E-state index in [0.717, 1.165) is 24.8 Å². The number of amides is 2. The largest absolute Gasteiger partial charge is 0.494 e. The van der Waals surface area contributed by atoms with Crippen LogP contribution in [-0.4, -0.2) is 44.1 Å². The Balaban J connectivity index is 2.23. The fourth-order valence-corrected chi connectivity index (χ4v) is 2.30. The molecule has 162 valence electrons. The molecule has 0 fully saturated rings. The van der Waals surface area contributed by atoms with Gasteiger partial charge in [-0.25, -0.2) is 4.79 Å². The first kappa shape index (κ1) is 24.7. The van der Waals surface area contributed by atoms with Crippen molar-refractivity contribution < 1.29 is 23.9 Å². The first-order valence-electron chi connectivity index (χ1n) is 9.93. The summed E-state index contributed by atoms with van der Waals surface area (Å²) in [6.07, 6.45) is 8.51. The van der Waals surface area contributed by atoms with Crippen molar-refractivity contribution in [2.24, 2.45) is 0 Å². The zero-order chi connectivity index (χ0) is 22.0. The van der Waals surface area contributed by atoms with Gasteiger partial charge in [0, 0.05) is 19.2 Å². The fraction of sp³-hybridized carbons (Fsp3) is 0.348. The summed E-state index contributed by atoms with van der Waals surface area (Å²) in [7, 11) is 0. The predicted molar refractivity (Wildman–Crippen MR) is 117 cm³/mol. The minimum Gasteiger partial charge on any atom is -0.494 e. The SMILES string of the molecule is C=CC(=O)NCCCCOC(=O)C=Cc1cccc(OCCCCNC(=O)C=C)c1. The molecular formula is C23H30N2O5. The van der Waals surface area contributed by atoms with Crippen molar-refractivity contribution in [3.8, 4) is 5.75 Å². The van der Waals surface area contributed by atoms with Crippen molar-refractivity contribution in [3.05, 3.63) is 61.2 Å². The van der Waals surface area contributed by atoms with Gasteiger partial charge in [0.15, 0.2) is 0 Å². The van der Waals surface area contributed by atoms with Crippen LogP contribution in [0.5, 0.6) is 5.75 Å². The van der Waals surface area contributed by atoms with E-state index in [-0.39, 0.29) is 11.8 Å². The average molecular weight is 415 g/mol. The number of rotatable bonds is 15. The van der Waals surface area contributed by atoms with Gasteiger partial charge in [0.25, 0.3) is 0 Å². The van der Waals surface area contributed by atoms with Gasteiger partial charge >= 0.3 is 5.97 Å². The van der Waals surface area contributed by atoms with E-state index in [0.29, 0.717) is 38.5 Å². The maximum absolute atomic E-state index is 11.8. The maximum Gasteiger partial charge on any atom is 0.330 e. The molecule has 0 aliphatic heterocycles. The van der Waals surface area contributed by atoms with Crippen LogP contribution in [0.2, 0.25) is 0 Å². The van der Waals surface area contributed by atoms with Crippen molar-refractivity contribution in [3.63, 3.8) is 0 Å². The Labute approximate surface area is 177 Å². The van der Waals surface area contributed by atoms with Gasteiger partial charge < -0.3 is 20.1 Å². The lowest BCUT2D eigenvalue weighted by molar-refractivity contribution is -0.137. The lowest BCUT2D eigenvalue weighted by Gasteiger charge is -2.07. The molecular weight excluding hydrogens is 384 g/mol. The maximum atomic E-state index is 11.8. The van der Waals surface area contributed by atoms with E-state index in [1.807, 2.05) is 24.3 Å². The lowest BCUT2D eigenvalue weighted by atomic mass is 10.2. The molecule has 7 nitrogen and oxygen atoms in total. The average Bonchev–Trinajstić information content (AvgIpc) is 2.76. The summed E-state index contributed by atoms with van der Waals surface area (Å²) in [5.74, 6) is -0.0932. The highest BCUT2D eigenvalue weighted by molar-refractivity contribution is 5.87. The number of unbranched alkanes of at least 4 members (excludes halogenated alkanes) is 2. The summed E-state index contributed by atoms with van der Waals surface area (Å²) in [6, 6.07) is 7.40. The molecule has 1 rings (SSSR count). The van der Waals surface area contributed by atoms with Gasteiger partial charge in [0.2, 0.25) is 11.8 Å². The Kier molecular flexibility index (Phi) is 12.8. The van der Waals surface area contributed by atoms with Crippen molar-refractivity contribution in [2.45, 2.75) is 25.7 Å². The summed E-state index contributed by atoms with van der Waals surface area (Å²) in [5, 5.41) is 5.37. The van der Waals surface area contributed by atoms with Gasteiger partial charge in [-0.05, 0) is 61.6 Å². The van der Waals surface area contributed by atoms with Crippen LogP contribution in [0.4, 0.5) is 0 Å². The lowest BCUT2D eigenvalue weighted by Crippen LogP contribution is -2.22. The number of ether oxygens (including phenoxy) is 2. The van der Waals surface area contributed by atoms with E-state index in [4.69, 9.17) is 9.47 Å². The highest BCUT2D eigenvalue weighted by Gasteiger charge is 2.00. The van der Waals surface area contributed by atoms with E-state index >= 15 is 0 Å². The Morgan fingerprint density at radius 1 is 0.900 bits per heavy atom. The Morgan fingerprint density at radius 3 is 2.17 bits per heavy atom. The van der Waals surface area contributed by atoms with E-state index in [9.17, 15) is 14.4 Å². The van der Waals surface area contributed by atoms with Gasteiger partial charge in [-0.2, -0.15) is 0 Å². The molecule has 0 aliphatic carbocycles. The number of hydrogen-bond donors (Lipinski definition) is 2. The molecule has 0 spiro atoms. The van der Waals surface area contributed by atoms with Crippen LogP contribution in [0.25, 0.3) is 6.08 Å². The first-order valence-corrected chi connectivity index (χ1v) is 9.93. The van der Waals surface area contributed by atoms with E-state index in [1.165, 1.54) is 18.2 Å². The van der Waals surface area contributed by atoms with Crippen LogP contribution in [0.1, 0.15) is 31.2 Å². The van der Waals surface area contributed by atoms with Gasteiger partial charge in [-0.3, -0.25) is 9.59 Å². The summed E-state index contributed by atoms with van der Waals surface area (Å²) in [5.41, 5.74) is 0.829. The molecule has 1 aromatic carbocycles. The van der Waals surface area contributed by atoms with Crippen molar-refractivity contribution in [1.29, 1.82) is 0 Å². The van der Waals surface area contributed by atoms with Crippen molar-refractivity contribution in [2.75, 3.05) is 26.3 Å². The van der Waals surface area contributed by atoms with Gasteiger partial charge in [0.05, 0.1) is 13.2 Å². The second-order valence-electron chi connectivity index (χ2n) is 6.33. The van der Waals surface area contributed by atoms with E-state index in [1.54, 1.807) is 6.08 Å². The zero-order valence-corrected chi connectivity index (χ0v) is 17.2.